The Hall–Kier alpha value is -4.84. The summed E-state index contributed by atoms with van der Waals surface area (Å²) < 4.78 is 77.2. The van der Waals surface area contributed by atoms with Crippen LogP contribution in [0.15, 0.2) is 133 Å². The predicted molar refractivity (Wildman–Crippen MR) is 156 cm³/mol. The van der Waals surface area contributed by atoms with E-state index in [1.807, 2.05) is 60.7 Å². The number of halogens is 6. The standard InChI is InChI=1S/C36H22F6/c37-35(38,39)33-17-13-25(14-18-33)23-1-5-27(6-2-23)29-9-11-32-22-30(10-12-31(32)21-29)28-7-3-24(4-8-28)26-15-19-34(20-16-26)36(40,41)42/h1-22H. The number of fused-ring (bicyclic) bond motifs is 1. The summed E-state index contributed by atoms with van der Waals surface area (Å²) in [6, 6.07) is 38.1. The molecule has 208 valence electrons. The van der Waals surface area contributed by atoms with Crippen molar-refractivity contribution in [3.05, 3.63) is 145 Å². The summed E-state index contributed by atoms with van der Waals surface area (Å²) in [7, 11) is 0. The first-order valence-electron chi connectivity index (χ1n) is 13.1. The van der Waals surface area contributed by atoms with Gasteiger partial charge < -0.3 is 0 Å². The van der Waals surface area contributed by atoms with E-state index in [1.54, 1.807) is 0 Å². The second-order valence-corrected chi connectivity index (χ2v) is 10.1. The number of benzene rings is 6. The number of hydrogen-bond acceptors (Lipinski definition) is 0. The zero-order valence-corrected chi connectivity index (χ0v) is 22.0. The molecule has 0 atom stereocenters. The van der Waals surface area contributed by atoms with Crippen LogP contribution in [0.2, 0.25) is 0 Å². The van der Waals surface area contributed by atoms with Gasteiger partial charge in [0.15, 0.2) is 0 Å². The minimum Gasteiger partial charge on any atom is -0.166 e. The Morgan fingerprint density at radius 2 is 0.476 bits per heavy atom. The Labute approximate surface area is 238 Å². The molecule has 0 fully saturated rings. The van der Waals surface area contributed by atoms with E-state index >= 15 is 0 Å². The molecule has 0 saturated carbocycles. The van der Waals surface area contributed by atoms with E-state index < -0.39 is 23.5 Å². The lowest BCUT2D eigenvalue weighted by Crippen LogP contribution is -2.03. The van der Waals surface area contributed by atoms with Crippen LogP contribution in [0.3, 0.4) is 0 Å². The molecule has 0 unspecified atom stereocenters. The third kappa shape index (κ3) is 5.66. The Bertz CT molecular complexity index is 1700. The van der Waals surface area contributed by atoms with Crippen molar-refractivity contribution in [3.63, 3.8) is 0 Å². The van der Waals surface area contributed by atoms with E-state index in [0.29, 0.717) is 11.1 Å². The summed E-state index contributed by atoms with van der Waals surface area (Å²) in [6.45, 7) is 0. The van der Waals surface area contributed by atoms with Crippen LogP contribution in [0, 0.1) is 0 Å². The fourth-order valence-electron chi connectivity index (χ4n) is 5.02. The predicted octanol–water partition coefficient (Wildman–Crippen LogP) is 11.5. The highest BCUT2D eigenvalue weighted by Crippen LogP contribution is 2.34. The van der Waals surface area contributed by atoms with Crippen LogP contribution >= 0.6 is 0 Å². The van der Waals surface area contributed by atoms with Gasteiger partial charge in [0.2, 0.25) is 0 Å². The van der Waals surface area contributed by atoms with Gasteiger partial charge in [-0.25, -0.2) is 0 Å². The van der Waals surface area contributed by atoms with Crippen LogP contribution in [-0.4, -0.2) is 0 Å². The second-order valence-electron chi connectivity index (χ2n) is 10.1. The van der Waals surface area contributed by atoms with Gasteiger partial charge in [-0.05, 0) is 91.7 Å². The lowest BCUT2D eigenvalue weighted by atomic mass is 9.95. The molecule has 0 aromatic heterocycles. The fourth-order valence-corrected chi connectivity index (χ4v) is 5.02. The molecule has 0 nitrogen and oxygen atoms in total. The third-order valence-electron chi connectivity index (χ3n) is 7.37. The van der Waals surface area contributed by atoms with Crippen molar-refractivity contribution in [2.24, 2.45) is 0 Å². The topological polar surface area (TPSA) is 0 Å². The summed E-state index contributed by atoms with van der Waals surface area (Å²) in [5.41, 5.74) is 5.80. The maximum atomic E-state index is 12.9. The molecule has 6 rings (SSSR count). The van der Waals surface area contributed by atoms with Crippen LogP contribution in [0.4, 0.5) is 26.3 Å². The third-order valence-corrected chi connectivity index (χ3v) is 7.37. The number of rotatable bonds is 4. The van der Waals surface area contributed by atoms with Crippen LogP contribution in [0.25, 0.3) is 55.3 Å². The summed E-state index contributed by atoms with van der Waals surface area (Å²) in [6.07, 6.45) is -8.72. The molecule has 0 aliphatic rings. The van der Waals surface area contributed by atoms with Gasteiger partial charge in [0.05, 0.1) is 11.1 Å². The number of alkyl halides is 6. The smallest absolute Gasteiger partial charge is 0.166 e. The van der Waals surface area contributed by atoms with Crippen LogP contribution in [0.5, 0.6) is 0 Å². The highest BCUT2D eigenvalue weighted by atomic mass is 19.4. The first-order valence-corrected chi connectivity index (χ1v) is 13.1. The molecule has 0 bridgehead atoms. The first kappa shape index (κ1) is 27.3. The zero-order valence-electron chi connectivity index (χ0n) is 22.0. The van der Waals surface area contributed by atoms with E-state index in [-0.39, 0.29) is 0 Å². The minimum absolute atomic E-state index is 0.669. The average molecular weight is 569 g/mol. The van der Waals surface area contributed by atoms with Gasteiger partial charge in [0.25, 0.3) is 0 Å². The van der Waals surface area contributed by atoms with Gasteiger partial charge in [-0.15, -0.1) is 0 Å². The van der Waals surface area contributed by atoms with Crippen molar-refractivity contribution in [1.82, 2.24) is 0 Å². The van der Waals surface area contributed by atoms with Gasteiger partial charge >= 0.3 is 12.4 Å². The average Bonchev–Trinajstić information content (AvgIpc) is 3.00. The molecule has 0 N–H and O–H groups in total. The molecule has 0 amide bonds. The molecule has 0 saturated heterocycles. The largest absolute Gasteiger partial charge is 0.416 e. The van der Waals surface area contributed by atoms with Crippen molar-refractivity contribution >= 4 is 10.8 Å². The minimum atomic E-state index is -4.36. The van der Waals surface area contributed by atoms with E-state index in [4.69, 9.17) is 0 Å². The lowest BCUT2D eigenvalue weighted by molar-refractivity contribution is -0.138. The van der Waals surface area contributed by atoms with Gasteiger partial charge in [0.1, 0.15) is 0 Å². The quantitative estimate of drug-likeness (QED) is 0.186. The molecule has 0 radical (unpaired) electrons. The lowest BCUT2D eigenvalue weighted by Gasteiger charge is -2.10. The Kier molecular flexibility index (Phi) is 6.85. The van der Waals surface area contributed by atoms with E-state index in [0.717, 1.165) is 68.4 Å². The van der Waals surface area contributed by atoms with Crippen molar-refractivity contribution in [1.29, 1.82) is 0 Å². The van der Waals surface area contributed by atoms with E-state index in [9.17, 15) is 26.3 Å². The molecule has 6 heteroatoms. The summed E-state index contributed by atoms with van der Waals surface area (Å²) in [5, 5.41) is 2.12. The first-order chi connectivity index (χ1) is 20.0. The van der Waals surface area contributed by atoms with Crippen LogP contribution in [-0.2, 0) is 12.4 Å². The van der Waals surface area contributed by atoms with Crippen molar-refractivity contribution < 1.29 is 26.3 Å². The fraction of sp³-hybridized carbons (Fsp3) is 0.0556. The molecule has 0 aliphatic heterocycles. The molecule has 6 aromatic carbocycles. The Morgan fingerprint density at radius 1 is 0.262 bits per heavy atom. The summed E-state index contributed by atoms with van der Waals surface area (Å²) in [5.74, 6) is 0. The maximum Gasteiger partial charge on any atom is 0.416 e. The molecule has 42 heavy (non-hydrogen) atoms. The Morgan fingerprint density at radius 3 is 0.738 bits per heavy atom. The van der Waals surface area contributed by atoms with Gasteiger partial charge in [-0.2, -0.15) is 26.3 Å². The zero-order chi connectivity index (χ0) is 29.5. The highest BCUT2D eigenvalue weighted by Gasteiger charge is 2.30. The molecular formula is C36H22F6. The van der Waals surface area contributed by atoms with Crippen LogP contribution in [0.1, 0.15) is 11.1 Å². The van der Waals surface area contributed by atoms with E-state index in [2.05, 4.69) is 24.3 Å². The maximum absolute atomic E-state index is 12.9. The molecular weight excluding hydrogens is 546 g/mol. The summed E-state index contributed by atoms with van der Waals surface area (Å²) >= 11 is 0. The van der Waals surface area contributed by atoms with E-state index in [1.165, 1.54) is 24.3 Å². The Balaban J connectivity index is 1.19. The highest BCUT2D eigenvalue weighted by molar-refractivity contribution is 5.91. The van der Waals surface area contributed by atoms with Crippen molar-refractivity contribution in [3.8, 4) is 44.5 Å². The monoisotopic (exact) mass is 568 g/mol. The van der Waals surface area contributed by atoms with Gasteiger partial charge in [-0.1, -0.05) is 97.1 Å². The van der Waals surface area contributed by atoms with Crippen LogP contribution < -0.4 is 0 Å². The van der Waals surface area contributed by atoms with Gasteiger partial charge in [-0.3, -0.25) is 0 Å². The second kappa shape index (κ2) is 10.5. The molecule has 0 spiro atoms. The van der Waals surface area contributed by atoms with Crippen molar-refractivity contribution in [2.75, 3.05) is 0 Å². The summed E-state index contributed by atoms with van der Waals surface area (Å²) in [4.78, 5) is 0. The molecule has 0 aliphatic carbocycles. The van der Waals surface area contributed by atoms with Gasteiger partial charge in [0, 0.05) is 0 Å². The SMILES string of the molecule is FC(F)(F)c1ccc(-c2ccc(-c3ccc4cc(-c5ccc(-c6ccc(C(F)(F)F)cc6)cc5)ccc4c3)cc2)cc1. The molecule has 6 aromatic rings. The molecule has 0 heterocycles. The normalized spacial score (nSPS) is 12.0. The van der Waals surface area contributed by atoms with Crippen molar-refractivity contribution in [2.45, 2.75) is 12.4 Å². The number of hydrogen-bond donors (Lipinski definition) is 0.